The first-order valence-corrected chi connectivity index (χ1v) is 12.8. The molecule has 1 unspecified atom stereocenters. The molecule has 2 amide bonds. The number of benzene rings is 1. The lowest BCUT2D eigenvalue weighted by Gasteiger charge is -2.35. The summed E-state index contributed by atoms with van der Waals surface area (Å²) < 4.78 is 22.4. The SMILES string of the molecule is CN1CCCn2c(-c3cc(Cl)ccc3F)nc(C(=O)N[C@H](C(=O)N(C)C3CCCO3)C(C)(C)C)c2C1. The molecule has 4 rings (SSSR count). The maximum atomic E-state index is 14.8. The van der Waals surface area contributed by atoms with Crippen molar-refractivity contribution in [2.24, 2.45) is 5.41 Å². The summed E-state index contributed by atoms with van der Waals surface area (Å²) in [5, 5.41) is 3.34. The number of carbonyl (C=O) groups is 2. The standard InChI is InChI=1S/C26H35ClFN5O3/c1-26(2,3)22(25(35)32(5)20-8-6-13-36-20)30-24(34)21-19-15-31(4)11-7-12-33(19)23(29-21)17-14-16(27)9-10-18(17)28/h9-10,14,20,22H,6-8,11-13,15H2,1-5H3,(H,30,34)/t20?,22-/m1/s1. The molecule has 196 valence electrons. The third-order valence-corrected chi connectivity index (χ3v) is 7.11. The van der Waals surface area contributed by atoms with E-state index in [2.05, 4.69) is 15.2 Å². The molecule has 0 radical (unpaired) electrons. The Balaban J connectivity index is 1.71. The minimum Gasteiger partial charge on any atom is -0.358 e. The lowest BCUT2D eigenvalue weighted by atomic mass is 9.85. The number of likely N-dealkylation sites (N-methyl/N-ethyl adjacent to an activating group) is 1. The van der Waals surface area contributed by atoms with Gasteiger partial charge in [0.05, 0.1) is 11.3 Å². The molecule has 0 bridgehead atoms. The lowest BCUT2D eigenvalue weighted by Crippen LogP contribution is -2.56. The van der Waals surface area contributed by atoms with Gasteiger partial charge in [-0.15, -0.1) is 0 Å². The van der Waals surface area contributed by atoms with Crippen molar-refractivity contribution in [3.63, 3.8) is 0 Å². The summed E-state index contributed by atoms with van der Waals surface area (Å²) >= 11 is 6.17. The van der Waals surface area contributed by atoms with Crippen molar-refractivity contribution in [1.82, 2.24) is 24.7 Å². The van der Waals surface area contributed by atoms with Crippen LogP contribution in [0, 0.1) is 11.2 Å². The van der Waals surface area contributed by atoms with Gasteiger partial charge in [-0.05, 0) is 56.5 Å². The van der Waals surface area contributed by atoms with E-state index in [4.69, 9.17) is 16.3 Å². The number of halogens is 2. The Morgan fingerprint density at radius 1 is 1.28 bits per heavy atom. The Kier molecular flexibility index (Phi) is 7.73. The van der Waals surface area contributed by atoms with Crippen LogP contribution >= 0.6 is 11.6 Å². The first-order valence-electron chi connectivity index (χ1n) is 12.4. The summed E-state index contributed by atoms with van der Waals surface area (Å²) in [6.07, 6.45) is 2.19. The molecule has 10 heteroatoms. The fraction of sp³-hybridized carbons (Fsp3) is 0.577. The third-order valence-electron chi connectivity index (χ3n) is 6.87. The fourth-order valence-electron chi connectivity index (χ4n) is 4.84. The number of imidazole rings is 1. The van der Waals surface area contributed by atoms with Gasteiger partial charge in [0.2, 0.25) is 5.91 Å². The number of rotatable bonds is 5. The number of nitrogens with zero attached hydrogens (tertiary/aromatic N) is 4. The van der Waals surface area contributed by atoms with E-state index >= 15 is 0 Å². The Bertz CT molecular complexity index is 1140. The fourth-order valence-corrected chi connectivity index (χ4v) is 5.01. The highest BCUT2D eigenvalue weighted by atomic mass is 35.5. The molecule has 2 atom stereocenters. The van der Waals surface area contributed by atoms with Gasteiger partial charge in [-0.1, -0.05) is 32.4 Å². The van der Waals surface area contributed by atoms with E-state index < -0.39 is 23.2 Å². The highest BCUT2D eigenvalue weighted by Crippen LogP contribution is 2.31. The number of fused-ring (bicyclic) bond motifs is 1. The summed E-state index contributed by atoms with van der Waals surface area (Å²) in [4.78, 5) is 35.5. The molecule has 8 nitrogen and oxygen atoms in total. The number of nitrogens with one attached hydrogen (secondary N) is 1. The van der Waals surface area contributed by atoms with Gasteiger partial charge < -0.3 is 24.4 Å². The number of aromatic nitrogens is 2. The maximum absolute atomic E-state index is 14.8. The summed E-state index contributed by atoms with van der Waals surface area (Å²) in [6, 6.07) is 3.52. The molecule has 1 aromatic heterocycles. The van der Waals surface area contributed by atoms with Crippen LogP contribution in [-0.2, 0) is 22.6 Å². The van der Waals surface area contributed by atoms with Gasteiger partial charge >= 0.3 is 0 Å². The molecule has 3 heterocycles. The number of hydrogen-bond donors (Lipinski definition) is 1. The predicted octanol–water partition coefficient (Wildman–Crippen LogP) is 3.92. The van der Waals surface area contributed by atoms with Gasteiger partial charge in [-0.2, -0.15) is 0 Å². The normalized spacial score (nSPS) is 19.5. The third kappa shape index (κ3) is 5.43. The quantitative estimate of drug-likeness (QED) is 0.647. The van der Waals surface area contributed by atoms with Crippen LogP contribution in [0.3, 0.4) is 0 Å². The van der Waals surface area contributed by atoms with Crippen LogP contribution < -0.4 is 5.32 Å². The molecule has 0 saturated carbocycles. The van der Waals surface area contributed by atoms with Crippen LogP contribution in [0.25, 0.3) is 11.4 Å². The second kappa shape index (κ2) is 10.5. The second-order valence-corrected chi connectivity index (χ2v) is 11.2. The maximum Gasteiger partial charge on any atom is 0.272 e. The zero-order chi connectivity index (χ0) is 26.2. The van der Waals surface area contributed by atoms with E-state index in [9.17, 15) is 14.0 Å². The highest BCUT2D eigenvalue weighted by Gasteiger charge is 2.39. The van der Waals surface area contributed by atoms with Crippen molar-refractivity contribution in [3.05, 3.63) is 40.4 Å². The Morgan fingerprint density at radius 2 is 2.03 bits per heavy atom. The molecule has 2 aromatic rings. The molecule has 0 aliphatic carbocycles. The summed E-state index contributed by atoms with van der Waals surface area (Å²) in [6.45, 7) is 8.24. The summed E-state index contributed by atoms with van der Waals surface area (Å²) in [7, 11) is 3.68. The second-order valence-electron chi connectivity index (χ2n) is 10.8. The summed E-state index contributed by atoms with van der Waals surface area (Å²) in [5.41, 5.74) is 0.568. The average Bonchev–Trinajstić information content (AvgIpc) is 3.42. The van der Waals surface area contributed by atoms with Gasteiger partial charge in [0.1, 0.15) is 23.9 Å². The molecule has 36 heavy (non-hydrogen) atoms. The molecule has 0 spiro atoms. The molecule has 1 aromatic carbocycles. The van der Waals surface area contributed by atoms with Gasteiger partial charge in [0.15, 0.2) is 5.69 Å². The van der Waals surface area contributed by atoms with Crippen molar-refractivity contribution in [3.8, 4) is 11.4 Å². The first-order chi connectivity index (χ1) is 17.0. The monoisotopic (exact) mass is 519 g/mol. The molecule has 1 N–H and O–H groups in total. The molecular formula is C26H35ClFN5O3. The topological polar surface area (TPSA) is 79.7 Å². The summed E-state index contributed by atoms with van der Waals surface area (Å²) in [5.74, 6) is -0.777. The van der Waals surface area contributed by atoms with Crippen molar-refractivity contribution in [1.29, 1.82) is 0 Å². The zero-order valence-electron chi connectivity index (χ0n) is 21.6. The van der Waals surface area contributed by atoms with Crippen LogP contribution in [0.4, 0.5) is 4.39 Å². The van der Waals surface area contributed by atoms with Crippen LogP contribution in [0.2, 0.25) is 5.02 Å². The number of hydrogen-bond acceptors (Lipinski definition) is 5. The average molecular weight is 520 g/mol. The molecular weight excluding hydrogens is 485 g/mol. The largest absolute Gasteiger partial charge is 0.358 e. The minimum absolute atomic E-state index is 0.194. The van der Waals surface area contributed by atoms with Crippen LogP contribution in [0.1, 0.15) is 56.2 Å². The number of carbonyl (C=O) groups excluding carboxylic acids is 2. The molecule has 2 aliphatic rings. The van der Waals surface area contributed by atoms with E-state index in [1.165, 1.54) is 18.2 Å². The van der Waals surface area contributed by atoms with Crippen molar-refractivity contribution in [2.75, 3.05) is 27.2 Å². The van der Waals surface area contributed by atoms with Crippen molar-refractivity contribution >= 4 is 23.4 Å². The Morgan fingerprint density at radius 3 is 2.69 bits per heavy atom. The van der Waals surface area contributed by atoms with Gasteiger partial charge in [0.25, 0.3) is 5.91 Å². The van der Waals surface area contributed by atoms with Gasteiger partial charge in [0, 0.05) is 31.8 Å². The van der Waals surface area contributed by atoms with Crippen molar-refractivity contribution in [2.45, 2.75) is 65.4 Å². The first kappa shape index (κ1) is 26.6. The van der Waals surface area contributed by atoms with Crippen LogP contribution in [0.5, 0.6) is 0 Å². The van der Waals surface area contributed by atoms with Crippen LogP contribution in [-0.4, -0.2) is 70.7 Å². The highest BCUT2D eigenvalue weighted by molar-refractivity contribution is 6.30. The van der Waals surface area contributed by atoms with E-state index in [-0.39, 0.29) is 23.4 Å². The minimum atomic E-state index is -0.800. The molecule has 1 saturated heterocycles. The van der Waals surface area contributed by atoms with Gasteiger partial charge in [-0.25, -0.2) is 9.37 Å². The van der Waals surface area contributed by atoms with E-state index in [1.807, 2.05) is 32.4 Å². The van der Waals surface area contributed by atoms with Crippen molar-refractivity contribution < 1.29 is 18.7 Å². The molecule has 2 aliphatic heterocycles. The van der Waals surface area contributed by atoms with E-state index in [0.717, 1.165) is 25.8 Å². The lowest BCUT2D eigenvalue weighted by molar-refractivity contribution is -0.144. The Hall–Kier alpha value is -2.49. The smallest absolute Gasteiger partial charge is 0.272 e. The Labute approximate surface area is 216 Å². The zero-order valence-corrected chi connectivity index (χ0v) is 22.4. The molecule has 1 fully saturated rings. The van der Waals surface area contributed by atoms with E-state index in [1.54, 1.807) is 11.9 Å². The van der Waals surface area contributed by atoms with Crippen LogP contribution in [0.15, 0.2) is 18.2 Å². The number of ether oxygens (including phenoxy) is 1. The predicted molar refractivity (Wildman–Crippen MR) is 136 cm³/mol. The number of amides is 2. The van der Waals surface area contributed by atoms with Gasteiger partial charge in [-0.3, -0.25) is 9.59 Å². The van der Waals surface area contributed by atoms with E-state index in [0.29, 0.717) is 36.2 Å².